The fourth-order valence-electron chi connectivity index (χ4n) is 2.45. The van der Waals surface area contributed by atoms with Crippen molar-refractivity contribution in [3.05, 3.63) is 24.3 Å². The van der Waals surface area contributed by atoms with Crippen LogP contribution in [0.5, 0.6) is 0 Å². The van der Waals surface area contributed by atoms with Crippen molar-refractivity contribution in [3.8, 4) is 0 Å². The van der Waals surface area contributed by atoms with Gasteiger partial charge in [-0.15, -0.1) is 0 Å². The number of anilines is 1. The highest BCUT2D eigenvalue weighted by atomic mass is 19.1. The lowest BCUT2D eigenvalue weighted by atomic mass is 10.2. The minimum Gasteiger partial charge on any atom is -0.362 e. The molecule has 74 valence electrons. The summed E-state index contributed by atoms with van der Waals surface area (Å²) in [6.07, 6.45) is 2.62. The van der Waals surface area contributed by atoms with Crippen LogP contribution in [0.4, 0.5) is 10.1 Å². The molecule has 0 radical (unpaired) electrons. The monoisotopic (exact) mass is 193 g/mol. The molecule has 0 aromatic carbocycles. The van der Waals surface area contributed by atoms with Gasteiger partial charge in [0.2, 0.25) is 5.95 Å². The van der Waals surface area contributed by atoms with E-state index in [4.69, 9.17) is 0 Å². The third-order valence-electron chi connectivity index (χ3n) is 3.11. The summed E-state index contributed by atoms with van der Waals surface area (Å²) in [4.78, 5) is 5.81. The van der Waals surface area contributed by atoms with E-state index in [2.05, 4.69) is 15.2 Å². The van der Waals surface area contributed by atoms with E-state index in [1.165, 1.54) is 6.20 Å². The van der Waals surface area contributed by atoms with Crippen LogP contribution in [0.3, 0.4) is 0 Å². The Kier molecular flexibility index (Phi) is 1.70. The Labute approximate surface area is 81.9 Å². The number of hydrogen-bond acceptors (Lipinski definition) is 3. The first-order valence-electron chi connectivity index (χ1n) is 4.95. The molecule has 3 rings (SSSR count). The number of fused-ring (bicyclic) bond motifs is 2. The Hall–Kier alpha value is -1.16. The molecule has 0 spiro atoms. The molecule has 1 aromatic heterocycles. The molecule has 14 heavy (non-hydrogen) atoms. The van der Waals surface area contributed by atoms with Crippen LogP contribution in [0, 0.1) is 5.95 Å². The second-order valence-corrected chi connectivity index (χ2v) is 3.96. The summed E-state index contributed by atoms with van der Waals surface area (Å²) in [5, 5.41) is 3.39. The van der Waals surface area contributed by atoms with Crippen molar-refractivity contribution in [2.75, 3.05) is 18.0 Å². The molecule has 4 heteroatoms. The smallest absolute Gasteiger partial charge is 0.236 e. The minimum absolute atomic E-state index is 0.347. The van der Waals surface area contributed by atoms with Gasteiger partial charge in [0.1, 0.15) is 0 Å². The Morgan fingerprint density at radius 2 is 2.50 bits per heavy atom. The summed E-state index contributed by atoms with van der Waals surface area (Å²) in [6.45, 7) is 1.88. The summed E-state index contributed by atoms with van der Waals surface area (Å²) in [5.41, 5.74) is 0.654. The molecule has 0 aliphatic carbocycles. The molecule has 0 unspecified atom stereocenters. The summed E-state index contributed by atoms with van der Waals surface area (Å²) in [7, 11) is 0. The molecule has 2 bridgehead atoms. The summed E-state index contributed by atoms with van der Waals surface area (Å²) < 4.78 is 13.4. The zero-order valence-corrected chi connectivity index (χ0v) is 7.78. The highest BCUT2D eigenvalue weighted by Gasteiger charge is 2.38. The first kappa shape index (κ1) is 8.17. The van der Waals surface area contributed by atoms with Gasteiger partial charge >= 0.3 is 0 Å². The lowest BCUT2D eigenvalue weighted by molar-refractivity contribution is 0.545. The van der Waals surface area contributed by atoms with E-state index in [0.29, 0.717) is 17.8 Å². The molecular weight excluding hydrogens is 181 g/mol. The van der Waals surface area contributed by atoms with Gasteiger partial charge in [0.15, 0.2) is 0 Å². The van der Waals surface area contributed by atoms with Gasteiger partial charge in [0.05, 0.1) is 5.69 Å². The molecule has 3 nitrogen and oxygen atoms in total. The number of hydrogen-bond donors (Lipinski definition) is 1. The summed E-state index contributed by atoms with van der Waals surface area (Å²) in [6, 6.07) is 4.60. The Morgan fingerprint density at radius 3 is 3.14 bits per heavy atom. The number of pyridine rings is 1. The Morgan fingerprint density at radius 1 is 1.57 bits per heavy atom. The van der Waals surface area contributed by atoms with E-state index in [1.807, 2.05) is 6.07 Å². The van der Waals surface area contributed by atoms with Crippen molar-refractivity contribution in [1.82, 2.24) is 10.3 Å². The molecule has 2 fully saturated rings. The number of halogens is 1. The van der Waals surface area contributed by atoms with Gasteiger partial charge in [0.25, 0.3) is 0 Å². The van der Waals surface area contributed by atoms with Crippen LogP contribution in [0.25, 0.3) is 0 Å². The average Bonchev–Trinajstić information content (AvgIpc) is 2.79. The molecule has 2 aliphatic rings. The lowest BCUT2D eigenvalue weighted by Crippen LogP contribution is -2.44. The molecule has 2 aliphatic heterocycles. The van der Waals surface area contributed by atoms with Crippen LogP contribution >= 0.6 is 0 Å². The van der Waals surface area contributed by atoms with Crippen molar-refractivity contribution in [2.45, 2.75) is 18.5 Å². The van der Waals surface area contributed by atoms with Gasteiger partial charge in [-0.05, 0) is 18.6 Å². The number of aromatic nitrogens is 1. The normalized spacial score (nSPS) is 29.9. The summed E-state index contributed by atoms with van der Waals surface area (Å²) >= 11 is 0. The number of nitrogens with zero attached hydrogens (tertiary/aromatic N) is 2. The third-order valence-corrected chi connectivity index (χ3v) is 3.11. The fraction of sp³-hybridized carbons (Fsp3) is 0.500. The van der Waals surface area contributed by atoms with E-state index in [9.17, 15) is 4.39 Å². The Balaban J connectivity index is 1.93. The van der Waals surface area contributed by atoms with Gasteiger partial charge in [-0.2, -0.15) is 4.39 Å². The SMILES string of the molecule is Fc1ncccc1N1C[C@@H]2C[C@@H]1CN2. The molecule has 1 aromatic rings. The quantitative estimate of drug-likeness (QED) is 0.668. The number of rotatable bonds is 1. The average molecular weight is 193 g/mol. The van der Waals surface area contributed by atoms with Crippen molar-refractivity contribution in [2.24, 2.45) is 0 Å². The number of piperazine rings is 1. The van der Waals surface area contributed by atoms with Crippen molar-refractivity contribution in [1.29, 1.82) is 0 Å². The predicted molar refractivity (Wildman–Crippen MR) is 51.7 cm³/mol. The first-order valence-corrected chi connectivity index (χ1v) is 4.95. The predicted octanol–water partition coefficient (Wildman–Crippen LogP) is 0.771. The maximum Gasteiger partial charge on any atom is 0.236 e. The van der Waals surface area contributed by atoms with Gasteiger partial charge in [0, 0.05) is 31.4 Å². The molecule has 1 N–H and O–H groups in total. The maximum atomic E-state index is 13.4. The molecule has 0 saturated carbocycles. The molecule has 2 saturated heterocycles. The van der Waals surface area contributed by atoms with Crippen molar-refractivity contribution in [3.63, 3.8) is 0 Å². The zero-order chi connectivity index (χ0) is 9.54. The van der Waals surface area contributed by atoms with Crippen LogP contribution in [0.15, 0.2) is 18.3 Å². The molecular formula is C10H12FN3. The van der Waals surface area contributed by atoms with Crippen LogP contribution in [-0.4, -0.2) is 30.2 Å². The second kappa shape index (κ2) is 2.92. The van der Waals surface area contributed by atoms with Gasteiger partial charge in [-0.3, -0.25) is 0 Å². The van der Waals surface area contributed by atoms with Gasteiger partial charge in [-0.1, -0.05) is 0 Å². The maximum absolute atomic E-state index is 13.4. The molecule has 0 amide bonds. The Bertz CT molecular complexity index is 355. The first-order chi connectivity index (χ1) is 6.84. The van der Waals surface area contributed by atoms with Crippen LogP contribution < -0.4 is 10.2 Å². The molecule has 3 heterocycles. The van der Waals surface area contributed by atoms with E-state index in [0.717, 1.165) is 19.5 Å². The highest BCUT2D eigenvalue weighted by molar-refractivity contribution is 5.49. The summed E-state index contributed by atoms with van der Waals surface area (Å²) in [5.74, 6) is -0.347. The fourth-order valence-corrected chi connectivity index (χ4v) is 2.45. The van der Waals surface area contributed by atoms with E-state index in [1.54, 1.807) is 6.07 Å². The van der Waals surface area contributed by atoms with E-state index in [-0.39, 0.29) is 5.95 Å². The highest BCUT2D eigenvalue weighted by Crippen LogP contribution is 2.29. The van der Waals surface area contributed by atoms with E-state index >= 15 is 0 Å². The van der Waals surface area contributed by atoms with Crippen molar-refractivity contribution < 1.29 is 4.39 Å². The van der Waals surface area contributed by atoms with Gasteiger partial charge in [-0.25, -0.2) is 4.98 Å². The van der Waals surface area contributed by atoms with E-state index < -0.39 is 0 Å². The molecule has 2 atom stereocenters. The van der Waals surface area contributed by atoms with Crippen molar-refractivity contribution >= 4 is 5.69 Å². The van der Waals surface area contributed by atoms with Crippen LogP contribution in [0.2, 0.25) is 0 Å². The largest absolute Gasteiger partial charge is 0.362 e. The second-order valence-electron chi connectivity index (χ2n) is 3.96. The zero-order valence-electron chi connectivity index (χ0n) is 7.78. The third kappa shape index (κ3) is 1.10. The lowest BCUT2D eigenvalue weighted by Gasteiger charge is -2.29. The topological polar surface area (TPSA) is 28.2 Å². The number of nitrogens with one attached hydrogen (secondary N) is 1. The van der Waals surface area contributed by atoms with Crippen LogP contribution in [0.1, 0.15) is 6.42 Å². The minimum atomic E-state index is -0.347. The van der Waals surface area contributed by atoms with Crippen LogP contribution in [-0.2, 0) is 0 Å². The standard InChI is InChI=1S/C10H12FN3/c11-10-9(2-1-3-12-10)14-6-7-4-8(14)5-13-7/h1-3,7-8,13H,4-6H2/t7-,8+/m0/s1. The van der Waals surface area contributed by atoms with Gasteiger partial charge < -0.3 is 10.2 Å².